The molecule has 1 aliphatic carbocycles. The maximum atomic E-state index is 4.28. The highest BCUT2D eigenvalue weighted by Gasteiger charge is 2.24. The molecule has 0 atom stereocenters. The van der Waals surface area contributed by atoms with Crippen molar-refractivity contribution in [3.8, 4) is 0 Å². The van der Waals surface area contributed by atoms with E-state index in [4.69, 9.17) is 0 Å². The summed E-state index contributed by atoms with van der Waals surface area (Å²) < 4.78 is 2.28. The molecular weight excluding hydrogens is 212 g/mol. The Kier molecular flexibility index (Phi) is 2.88. The molecule has 0 aromatic carbocycles. The predicted octanol–water partition coefficient (Wildman–Crippen LogP) is 1.90. The lowest BCUT2D eigenvalue weighted by Gasteiger charge is -2.07. The van der Waals surface area contributed by atoms with Gasteiger partial charge in [-0.05, 0) is 25.0 Å². The van der Waals surface area contributed by atoms with Gasteiger partial charge in [0.2, 0.25) is 0 Å². The molecule has 0 radical (unpaired) electrons. The first-order valence-electron chi connectivity index (χ1n) is 6.05. The number of nitrogens with one attached hydrogen (secondary N) is 1. The van der Waals surface area contributed by atoms with Gasteiger partial charge in [0, 0.05) is 31.5 Å². The minimum Gasteiger partial charge on any atom is -0.330 e. The van der Waals surface area contributed by atoms with Crippen molar-refractivity contribution in [1.82, 2.24) is 19.9 Å². The van der Waals surface area contributed by atoms with Crippen molar-refractivity contribution in [3.05, 3.63) is 48.3 Å². The van der Waals surface area contributed by atoms with Gasteiger partial charge < -0.3 is 9.88 Å². The van der Waals surface area contributed by atoms with Gasteiger partial charge in [0.05, 0.1) is 17.7 Å². The topological polar surface area (TPSA) is 42.7 Å². The summed E-state index contributed by atoms with van der Waals surface area (Å²) in [5, 5.41) is 3.40. The normalized spacial score (nSPS) is 15.1. The zero-order valence-corrected chi connectivity index (χ0v) is 9.71. The quantitative estimate of drug-likeness (QED) is 0.850. The molecule has 0 unspecified atom stereocenters. The van der Waals surface area contributed by atoms with Gasteiger partial charge in [-0.1, -0.05) is 6.07 Å². The smallest absolute Gasteiger partial charge is 0.0951 e. The van der Waals surface area contributed by atoms with Crippen LogP contribution in [0, 0.1) is 0 Å². The molecule has 1 N–H and O–H groups in total. The Morgan fingerprint density at radius 3 is 3.00 bits per heavy atom. The van der Waals surface area contributed by atoms with Gasteiger partial charge in [0.1, 0.15) is 0 Å². The van der Waals surface area contributed by atoms with Gasteiger partial charge in [-0.25, -0.2) is 4.98 Å². The number of pyridine rings is 1. The zero-order valence-electron chi connectivity index (χ0n) is 9.71. The van der Waals surface area contributed by atoms with E-state index < -0.39 is 0 Å². The maximum Gasteiger partial charge on any atom is 0.0951 e. The number of hydrogen-bond donors (Lipinski definition) is 1. The summed E-state index contributed by atoms with van der Waals surface area (Å²) in [6, 6.07) is 6.68. The minimum atomic E-state index is 0.698. The van der Waals surface area contributed by atoms with E-state index in [0.29, 0.717) is 6.04 Å². The van der Waals surface area contributed by atoms with Crippen molar-refractivity contribution in [2.75, 3.05) is 0 Å². The van der Waals surface area contributed by atoms with E-state index in [1.165, 1.54) is 18.5 Å². The standard InChI is InChI=1S/C13H16N4/c1-2-6-16-11(3-1)7-14-8-13-9-15-10-17(13)12-4-5-12/h1-3,6,9-10,12,14H,4-5,7-8H2. The summed E-state index contributed by atoms with van der Waals surface area (Å²) in [5.41, 5.74) is 2.34. The first-order valence-corrected chi connectivity index (χ1v) is 6.05. The third-order valence-electron chi connectivity index (χ3n) is 3.02. The second-order valence-electron chi connectivity index (χ2n) is 4.45. The summed E-state index contributed by atoms with van der Waals surface area (Å²) in [4.78, 5) is 8.50. The van der Waals surface area contributed by atoms with Crippen molar-refractivity contribution in [3.63, 3.8) is 0 Å². The van der Waals surface area contributed by atoms with E-state index in [1.54, 1.807) is 0 Å². The Hall–Kier alpha value is -1.68. The molecule has 2 heterocycles. The lowest BCUT2D eigenvalue weighted by molar-refractivity contribution is 0.615. The highest BCUT2D eigenvalue weighted by molar-refractivity contribution is 5.05. The van der Waals surface area contributed by atoms with E-state index in [-0.39, 0.29) is 0 Å². The fourth-order valence-electron chi connectivity index (χ4n) is 1.97. The van der Waals surface area contributed by atoms with Crippen molar-refractivity contribution >= 4 is 0 Å². The molecule has 0 amide bonds. The molecule has 0 aliphatic heterocycles. The monoisotopic (exact) mass is 228 g/mol. The number of rotatable bonds is 5. The van der Waals surface area contributed by atoms with E-state index in [1.807, 2.05) is 36.9 Å². The van der Waals surface area contributed by atoms with Crippen molar-refractivity contribution in [2.24, 2.45) is 0 Å². The Morgan fingerprint density at radius 2 is 2.24 bits per heavy atom. The van der Waals surface area contributed by atoms with Crippen LogP contribution in [0.2, 0.25) is 0 Å². The summed E-state index contributed by atoms with van der Waals surface area (Å²) in [6.45, 7) is 1.66. The van der Waals surface area contributed by atoms with E-state index in [9.17, 15) is 0 Å². The van der Waals surface area contributed by atoms with Crippen LogP contribution in [0.4, 0.5) is 0 Å². The molecule has 1 aliphatic rings. The van der Waals surface area contributed by atoms with Crippen molar-refractivity contribution in [1.29, 1.82) is 0 Å². The van der Waals surface area contributed by atoms with Gasteiger partial charge in [0.15, 0.2) is 0 Å². The Bertz CT molecular complexity index is 473. The summed E-state index contributed by atoms with van der Waals surface area (Å²) in [7, 11) is 0. The Balaban J connectivity index is 1.55. The molecule has 0 saturated heterocycles. The van der Waals surface area contributed by atoms with Crippen molar-refractivity contribution in [2.45, 2.75) is 32.0 Å². The van der Waals surface area contributed by atoms with Gasteiger partial charge in [-0.15, -0.1) is 0 Å². The van der Waals surface area contributed by atoms with Gasteiger partial charge in [-0.3, -0.25) is 4.98 Å². The molecule has 4 heteroatoms. The zero-order chi connectivity index (χ0) is 11.5. The predicted molar refractivity (Wildman–Crippen MR) is 65.3 cm³/mol. The second kappa shape index (κ2) is 4.67. The highest BCUT2D eigenvalue weighted by Crippen LogP contribution is 2.35. The maximum absolute atomic E-state index is 4.28. The first kappa shape index (κ1) is 10.5. The van der Waals surface area contributed by atoms with Crippen LogP contribution in [0.1, 0.15) is 30.3 Å². The molecule has 2 aromatic heterocycles. The van der Waals surface area contributed by atoms with Crippen LogP contribution in [0.15, 0.2) is 36.9 Å². The molecule has 0 spiro atoms. The van der Waals surface area contributed by atoms with Gasteiger partial charge >= 0.3 is 0 Å². The molecule has 1 fully saturated rings. The molecule has 4 nitrogen and oxygen atoms in total. The molecule has 0 bridgehead atoms. The van der Waals surface area contributed by atoms with Gasteiger partial charge in [0.25, 0.3) is 0 Å². The fourth-order valence-corrected chi connectivity index (χ4v) is 1.97. The van der Waals surface area contributed by atoms with Crippen LogP contribution in [0.5, 0.6) is 0 Å². The van der Waals surface area contributed by atoms with Crippen LogP contribution in [-0.4, -0.2) is 14.5 Å². The van der Waals surface area contributed by atoms with E-state index in [2.05, 4.69) is 19.9 Å². The highest BCUT2D eigenvalue weighted by atomic mass is 15.1. The third kappa shape index (κ3) is 2.53. The SMILES string of the molecule is c1ccc(CNCc2cncn2C2CC2)nc1. The average Bonchev–Trinajstić information content (AvgIpc) is 3.11. The first-order chi connectivity index (χ1) is 8.43. The molecule has 3 rings (SSSR count). The summed E-state index contributed by atoms with van der Waals surface area (Å²) in [5.74, 6) is 0. The van der Waals surface area contributed by atoms with Gasteiger partial charge in [-0.2, -0.15) is 0 Å². The van der Waals surface area contributed by atoms with Crippen LogP contribution in [0.25, 0.3) is 0 Å². The molecule has 17 heavy (non-hydrogen) atoms. The van der Waals surface area contributed by atoms with Crippen LogP contribution >= 0.6 is 0 Å². The van der Waals surface area contributed by atoms with E-state index in [0.717, 1.165) is 18.8 Å². The van der Waals surface area contributed by atoms with Crippen LogP contribution < -0.4 is 5.32 Å². The van der Waals surface area contributed by atoms with Crippen molar-refractivity contribution < 1.29 is 0 Å². The number of imidazole rings is 1. The van der Waals surface area contributed by atoms with Crippen LogP contribution in [0.3, 0.4) is 0 Å². The average molecular weight is 228 g/mol. The van der Waals surface area contributed by atoms with E-state index >= 15 is 0 Å². The number of hydrogen-bond acceptors (Lipinski definition) is 3. The summed E-state index contributed by atoms with van der Waals surface area (Å²) >= 11 is 0. The fraction of sp³-hybridized carbons (Fsp3) is 0.385. The number of nitrogens with zero attached hydrogens (tertiary/aromatic N) is 3. The Morgan fingerprint density at radius 1 is 1.29 bits per heavy atom. The van der Waals surface area contributed by atoms with Crippen LogP contribution in [-0.2, 0) is 13.1 Å². The third-order valence-corrected chi connectivity index (χ3v) is 3.02. The molecule has 88 valence electrons. The summed E-state index contributed by atoms with van der Waals surface area (Å²) in [6.07, 6.45) is 8.30. The largest absolute Gasteiger partial charge is 0.330 e. The second-order valence-corrected chi connectivity index (χ2v) is 4.45. The Labute approximate surface area is 101 Å². The molecule has 1 saturated carbocycles. The minimum absolute atomic E-state index is 0.698. The lowest BCUT2D eigenvalue weighted by Crippen LogP contribution is -2.16. The number of aromatic nitrogens is 3. The molecular formula is C13H16N4. The molecule has 2 aromatic rings. The lowest BCUT2D eigenvalue weighted by atomic mass is 10.3.